The van der Waals surface area contributed by atoms with Gasteiger partial charge in [0.2, 0.25) is 5.91 Å². The maximum atomic E-state index is 11.9. The van der Waals surface area contributed by atoms with Gasteiger partial charge in [-0.2, -0.15) is 0 Å². The minimum absolute atomic E-state index is 0.223. The molecule has 1 aliphatic heterocycles. The molecular formula is C12H22N2O. The van der Waals surface area contributed by atoms with E-state index >= 15 is 0 Å². The Kier molecular flexibility index (Phi) is 3.62. The molecule has 1 saturated heterocycles. The second-order valence-electron chi connectivity index (χ2n) is 5.10. The van der Waals surface area contributed by atoms with Crippen molar-refractivity contribution in [3.8, 4) is 0 Å². The summed E-state index contributed by atoms with van der Waals surface area (Å²) in [6, 6.07) is 0.223. The maximum absolute atomic E-state index is 11.9. The van der Waals surface area contributed by atoms with Crippen LogP contribution in [0.15, 0.2) is 0 Å². The Hall–Kier alpha value is -0.570. The number of nitrogens with two attached hydrogens (primary N) is 1. The molecule has 0 aromatic rings. The number of rotatable bonds is 2. The molecule has 0 bridgehead atoms. The molecule has 0 aromatic heterocycles. The van der Waals surface area contributed by atoms with Crippen LogP contribution in [0.3, 0.4) is 0 Å². The van der Waals surface area contributed by atoms with Crippen molar-refractivity contribution in [2.75, 3.05) is 13.1 Å². The van der Waals surface area contributed by atoms with Crippen molar-refractivity contribution < 1.29 is 4.79 Å². The average Bonchev–Trinajstić information content (AvgIpc) is 2.66. The third-order valence-corrected chi connectivity index (χ3v) is 3.77. The van der Waals surface area contributed by atoms with E-state index in [1.165, 1.54) is 32.1 Å². The Balaban J connectivity index is 1.76. The molecule has 1 heterocycles. The van der Waals surface area contributed by atoms with Crippen LogP contribution in [0, 0.1) is 5.92 Å². The highest BCUT2D eigenvalue weighted by Crippen LogP contribution is 2.27. The molecule has 86 valence electrons. The van der Waals surface area contributed by atoms with E-state index in [1.54, 1.807) is 0 Å². The average molecular weight is 210 g/mol. The maximum Gasteiger partial charge on any atom is 0.222 e. The zero-order valence-electron chi connectivity index (χ0n) is 9.45. The Morgan fingerprint density at radius 3 is 2.53 bits per heavy atom. The number of hydrogen-bond donors (Lipinski definition) is 1. The first-order valence-corrected chi connectivity index (χ1v) is 6.29. The molecule has 1 aliphatic carbocycles. The molecule has 15 heavy (non-hydrogen) atoms. The minimum Gasteiger partial charge on any atom is -0.341 e. The summed E-state index contributed by atoms with van der Waals surface area (Å²) in [4.78, 5) is 13.9. The number of carbonyl (C=O) groups excluding carboxylic acids is 1. The molecule has 2 rings (SSSR count). The SMILES string of the molecule is NC1CCN(C(=O)CC2CCCCC2)C1. The van der Waals surface area contributed by atoms with E-state index in [1.807, 2.05) is 4.90 Å². The Morgan fingerprint density at radius 2 is 1.93 bits per heavy atom. The van der Waals surface area contributed by atoms with Gasteiger partial charge in [-0.1, -0.05) is 19.3 Å². The van der Waals surface area contributed by atoms with Crippen LogP contribution in [0.25, 0.3) is 0 Å². The summed E-state index contributed by atoms with van der Waals surface area (Å²) in [5, 5.41) is 0. The first-order valence-electron chi connectivity index (χ1n) is 6.29. The first kappa shape index (κ1) is 10.9. The van der Waals surface area contributed by atoms with Crippen LogP contribution >= 0.6 is 0 Å². The van der Waals surface area contributed by atoms with E-state index < -0.39 is 0 Å². The molecule has 1 atom stereocenters. The van der Waals surface area contributed by atoms with E-state index in [2.05, 4.69) is 0 Å². The molecule has 1 unspecified atom stereocenters. The third kappa shape index (κ3) is 2.94. The van der Waals surface area contributed by atoms with Crippen LogP contribution in [0.5, 0.6) is 0 Å². The van der Waals surface area contributed by atoms with Crippen LogP contribution in [0.1, 0.15) is 44.9 Å². The molecule has 0 spiro atoms. The quantitative estimate of drug-likeness (QED) is 0.751. The van der Waals surface area contributed by atoms with Gasteiger partial charge in [-0.25, -0.2) is 0 Å². The Bertz CT molecular complexity index is 224. The lowest BCUT2D eigenvalue weighted by Gasteiger charge is -2.24. The van der Waals surface area contributed by atoms with Crippen LogP contribution in [0.2, 0.25) is 0 Å². The lowest BCUT2D eigenvalue weighted by Crippen LogP contribution is -2.33. The van der Waals surface area contributed by atoms with Crippen LogP contribution in [-0.4, -0.2) is 29.9 Å². The van der Waals surface area contributed by atoms with Gasteiger partial charge in [0.1, 0.15) is 0 Å². The van der Waals surface area contributed by atoms with Crippen molar-refractivity contribution in [1.82, 2.24) is 4.90 Å². The molecule has 0 aromatic carbocycles. The lowest BCUT2D eigenvalue weighted by molar-refractivity contribution is -0.131. The van der Waals surface area contributed by atoms with E-state index in [9.17, 15) is 4.79 Å². The second kappa shape index (κ2) is 4.97. The molecular weight excluding hydrogens is 188 g/mol. The van der Waals surface area contributed by atoms with Crippen molar-refractivity contribution >= 4 is 5.91 Å². The number of amides is 1. The highest BCUT2D eigenvalue weighted by atomic mass is 16.2. The third-order valence-electron chi connectivity index (χ3n) is 3.77. The fourth-order valence-electron chi connectivity index (χ4n) is 2.78. The first-order chi connectivity index (χ1) is 7.25. The van der Waals surface area contributed by atoms with Gasteiger partial charge in [0.05, 0.1) is 0 Å². The van der Waals surface area contributed by atoms with Gasteiger partial charge in [0.15, 0.2) is 0 Å². The molecule has 3 heteroatoms. The minimum atomic E-state index is 0.223. The summed E-state index contributed by atoms with van der Waals surface area (Å²) < 4.78 is 0. The molecule has 2 fully saturated rings. The number of hydrogen-bond acceptors (Lipinski definition) is 2. The molecule has 2 N–H and O–H groups in total. The van der Waals surface area contributed by atoms with E-state index in [-0.39, 0.29) is 6.04 Å². The molecule has 2 aliphatic rings. The zero-order chi connectivity index (χ0) is 10.7. The lowest BCUT2D eigenvalue weighted by atomic mass is 9.87. The van der Waals surface area contributed by atoms with Gasteiger partial charge < -0.3 is 10.6 Å². The van der Waals surface area contributed by atoms with Crippen LogP contribution < -0.4 is 5.73 Å². The summed E-state index contributed by atoms with van der Waals surface area (Å²) >= 11 is 0. The highest BCUT2D eigenvalue weighted by molar-refractivity contribution is 5.76. The summed E-state index contributed by atoms with van der Waals surface area (Å²) in [5.41, 5.74) is 5.80. The predicted molar refractivity (Wildman–Crippen MR) is 60.4 cm³/mol. The standard InChI is InChI=1S/C12H22N2O/c13-11-6-7-14(9-11)12(15)8-10-4-2-1-3-5-10/h10-11H,1-9,13H2. The van der Waals surface area contributed by atoms with Crippen molar-refractivity contribution in [3.05, 3.63) is 0 Å². The van der Waals surface area contributed by atoms with Gasteiger partial charge in [-0.3, -0.25) is 4.79 Å². The van der Waals surface area contributed by atoms with Crippen LogP contribution in [0.4, 0.5) is 0 Å². The van der Waals surface area contributed by atoms with E-state index in [0.717, 1.165) is 25.9 Å². The summed E-state index contributed by atoms with van der Waals surface area (Å²) in [6.45, 7) is 1.66. The monoisotopic (exact) mass is 210 g/mol. The van der Waals surface area contributed by atoms with Gasteiger partial charge in [0.25, 0.3) is 0 Å². The van der Waals surface area contributed by atoms with Gasteiger partial charge in [0, 0.05) is 25.6 Å². The van der Waals surface area contributed by atoms with Crippen molar-refractivity contribution in [2.24, 2.45) is 11.7 Å². The van der Waals surface area contributed by atoms with E-state index in [0.29, 0.717) is 11.8 Å². The van der Waals surface area contributed by atoms with Gasteiger partial charge in [-0.15, -0.1) is 0 Å². The van der Waals surface area contributed by atoms with Gasteiger partial charge >= 0.3 is 0 Å². The number of carbonyl (C=O) groups is 1. The zero-order valence-corrected chi connectivity index (χ0v) is 9.45. The van der Waals surface area contributed by atoms with E-state index in [4.69, 9.17) is 5.73 Å². The Labute approximate surface area is 92.0 Å². The number of nitrogens with zero attached hydrogens (tertiary/aromatic N) is 1. The summed E-state index contributed by atoms with van der Waals surface area (Å²) in [7, 11) is 0. The second-order valence-corrected chi connectivity index (χ2v) is 5.10. The normalized spacial score (nSPS) is 28.3. The van der Waals surface area contributed by atoms with Gasteiger partial charge in [-0.05, 0) is 25.2 Å². The largest absolute Gasteiger partial charge is 0.341 e. The number of likely N-dealkylation sites (tertiary alicyclic amines) is 1. The molecule has 1 saturated carbocycles. The summed E-state index contributed by atoms with van der Waals surface area (Å²) in [5.74, 6) is 0.998. The topological polar surface area (TPSA) is 46.3 Å². The van der Waals surface area contributed by atoms with Crippen LogP contribution in [-0.2, 0) is 4.79 Å². The molecule has 1 amide bonds. The molecule has 3 nitrogen and oxygen atoms in total. The Morgan fingerprint density at radius 1 is 1.20 bits per heavy atom. The predicted octanol–water partition coefficient (Wildman–Crippen LogP) is 1.52. The summed E-state index contributed by atoms with van der Waals surface area (Å²) in [6.07, 6.45) is 8.26. The molecule has 0 radical (unpaired) electrons. The highest BCUT2D eigenvalue weighted by Gasteiger charge is 2.26. The van der Waals surface area contributed by atoms with Crippen molar-refractivity contribution in [1.29, 1.82) is 0 Å². The van der Waals surface area contributed by atoms with Crippen molar-refractivity contribution in [2.45, 2.75) is 51.0 Å². The van der Waals surface area contributed by atoms with Crippen molar-refractivity contribution in [3.63, 3.8) is 0 Å². The smallest absolute Gasteiger partial charge is 0.222 e. The fraction of sp³-hybridized carbons (Fsp3) is 0.917. The fourth-order valence-corrected chi connectivity index (χ4v) is 2.78.